The first-order valence-electron chi connectivity index (χ1n) is 5.30. The fourth-order valence-electron chi connectivity index (χ4n) is 1.34. The van der Waals surface area contributed by atoms with Crippen LogP contribution in [0.4, 0.5) is 4.39 Å². The second-order valence-corrected chi connectivity index (χ2v) is 4.87. The Morgan fingerprint density at radius 3 is 2.41 bits per heavy atom. The second kappa shape index (κ2) is 5.29. The summed E-state index contributed by atoms with van der Waals surface area (Å²) in [4.78, 5) is 5.27. The summed E-state index contributed by atoms with van der Waals surface area (Å²) in [6, 6.07) is 10.2. The van der Waals surface area contributed by atoms with Gasteiger partial charge >= 0.3 is 0 Å². The molecule has 0 radical (unpaired) electrons. The summed E-state index contributed by atoms with van der Waals surface area (Å²) in [5.41, 5.74) is 6.75. The van der Waals surface area contributed by atoms with E-state index >= 15 is 0 Å². The smallest absolute Gasteiger partial charge is 0.123 e. The lowest BCUT2D eigenvalue weighted by atomic mass is 10.2. The number of halogens is 1. The van der Waals surface area contributed by atoms with Gasteiger partial charge in [0.25, 0.3) is 0 Å². The minimum absolute atomic E-state index is 0.00706. The molecule has 0 aliphatic rings. The summed E-state index contributed by atoms with van der Waals surface area (Å²) < 4.78 is 12.7. The van der Waals surface area contributed by atoms with E-state index in [2.05, 4.69) is 4.98 Å². The molecule has 0 spiro atoms. The van der Waals surface area contributed by atoms with Crippen molar-refractivity contribution in [3.63, 3.8) is 0 Å². The third-order valence-electron chi connectivity index (χ3n) is 2.32. The fraction of sp³-hybridized carbons (Fsp3) is 0.154. The van der Waals surface area contributed by atoms with Crippen molar-refractivity contribution in [1.29, 1.82) is 0 Å². The number of hydrogen-bond donors (Lipinski definition) is 1. The topological polar surface area (TPSA) is 38.9 Å². The minimum atomic E-state index is -0.227. The normalized spacial score (nSPS) is 12.4. The van der Waals surface area contributed by atoms with Crippen molar-refractivity contribution in [2.45, 2.75) is 22.9 Å². The molecule has 88 valence electrons. The van der Waals surface area contributed by atoms with Gasteiger partial charge in [0.1, 0.15) is 10.8 Å². The molecule has 2 aromatic rings. The molecule has 2 N–H and O–H groups in total. The zero-order valence-corrected chi connectivity index (χ0v) is 10.2. The summed E-state index contributed by atoms with van der Waals surface area (Å²) >= 11 is 1.50. The minimum Gasteiger partial charge on any atom is -0.324 e. The number of benzene rings is 1. The SMILES string of the molecule is C[C@@H](N)c1ccc(Sc2ccc(F)cc2)nc1. The van der Waals surface area contributed by atoms with Crippen LogP contribution in [0.25, 0.3) is 0 Å². The Kier molecular flexibility index (Phi) is 3.76. The number of nitrogens with two attached hydrogens (primary N) is 1. The van der Waals surface area contributed by atoms with Gasteiger partial charge in [-0.05, 0) is 42.8 Å². The van der Waals surface area contributed by atoms with Crippen molar-refractivity contribution in [1.82, 2.24) is 4.98 Å². The summed E-state index contributed by atoms with van der Waals surface area (Å²) in [6.45, 7) is 1.92. The monoisotopic (exact) mass is 248 g/mol. The molecule has 17 heavy (non-hydrogen) atoms. The molecule has 2 nitrogen and oxygen atoms in total. The Bertz CT molecular complexity index is 480. The molecule has 1 atom stereocenters. The number of rotatable bonds is 3. The van der Waals surface area contributed by atoms with Gasteiger partial charge in [0.05, 0.1) is 0 Å². The fourth-order valence-corrected chi connectivity index (χ4v) is 2.10. The largest absolute Gasteiger partial charge is 0.324 e. The van der Waals surface area contributed by atoms with Crippen LogP contribution in [0.2, 0.25) is 0 Å². The lowest BCUT2D eigenvalue weighted by Crippen LogP contribution is -2.04. The molecule has 0 saturated heterocycles. The summed E-state index contributed by atoms with van der Waals surface area (Å²) in [5, 5.41) is 0.876. The van der Waals surface area contributed by atoms with E-state index in [1.807, 2.05) is 19.1 Å². The summed E-state index contributed by atoms with van der Waals surface area (Å²) in [5.74, 6) is -0.227. The standard InChI is InChI=1S/C13H13FN2S/c1-9(15)10-2-7-13(16-8-10)17-12-5-3-11(14)4-6-12/h2-9H,15H2,1H3/t9-/m1/s1. The highest BCUT2D eigenvalue weighted by Crippen LogP contribution is 2.26. The molecule has 0 aliphatic heterocycles. The van der Waals surface area contributed by atoms with Crippen LogP contribution in [0.1, 0.15) is 18.5 Å². The molecule has 0 amide bonds. The Hall–Kier alpha value is -1.39. The third kappa shape index (κ3) is 3.28. The predicted molar refractivity (Wildman–Crippen MR) is 67.4 cm³/mol. The zero-order valence-electron chi connectivity index (χ0n) is 9.43. The van der Waals surface area contributed by atoms with Crippen molar-refractivity contribution in [2.75, 3.05) is 0 Å². The first kappa shape index (κ1) is 12.1. The Balaban J connectivity index is 2.11. The highest BCUT2D eigenvalue weighted by molar-refractivity contribution is 7.99. The van der Waals surface area contributed by atoms with Gasteiger partial charge < -0.3 is 5.73 Å². The van der Waals surface area contributed by atoms with Crippen LogP contribution in [0.3, 0.4) is 0 Å². The molecule has 0 unspecified atom stereocenters. The molecular formula is C13H13FN2S. The van der Waals surface area contributed by atoms with Crippen LogP contribution in [0.15, 0.2) is 52.5 Å². The van der Waals surface area contributed by atoms with E-state index in [1.165, 1.54) is 23.9 Å². The van der Waals surface area contributed by atoms with E-state index in [-0.39, 0.29) is 11.9 Å². The molecule has 1 aromatic heterocycles. The van der Waals surface area contributed by atoms with Gasteiger partial charge in [0.15, 0.2) is 0 Å². The molecule has 1 aromatic carbocycles. The van der Waals surface area contributed by atoms with Gasteiger partial charge in [-0.15, -0.1) is 0 Å². The molecule has 0 fully saturated rings. The molecule has 0 aliphatic carbocycles. The number of nitrogens with zero attached hydrogens (tertiary/aromatic N) is 1. The van der Waals surface area contributed by atoms with Gasteiger partial charge in [0.2, 0.25) is 0 Å². The van der Waals surface area contributed by atoms with Gasteiger partial charge in [-0.3, -0.25) is 0 Å². The number of pyridine rings is 1. The van der Waals surface area contributed by atoms with Gasteiger partial charge in [-0.1, -0.05) is 17.8 Å². The van der Waals surface area contributed by atoms with Gasteiger partial charge in [-0.25, -0.2) is 9.37 Å². The molecule has 0 bridgehead atoms. The van der Waals surface area contributed by atoms with Crippen molar-refractivity contribution in [3.05, 3.63) is 54.0 Å². The van der Waals surface area contributed by atoms with E-state index < -0.39 is 0 Å². The number of aromatic nitrogens is 1. The van der Waals surface area contributed by atoms with E-state index in [1.54, 1.807) is 18.3 Å². The Morgan fingerprint density at radius 1 is 1.18 bits per heavy atom. The van der Waals surface area contributed by atoms with E-state index in [9.17, 15) is 4.39 Å². The predicted octanol–water partition coefficient (Wildman–Crippen LogP) is 3.39. The van der Waals surface area contributed by atoms with Crippen LogP contribution < -0.4 is 5.73 Å². The average Bonchev–Trinajstić information content (AvgIpc) is 2.33. The van der Waals surface area contributed by atoms with Gasteiger partial charge in [0, 0.05) is 17.1 Å². The highest BCUT2D eigenvalue weighted by atomic mass is 32.2. The molecular weight excluding hydrogens is 235 g/mol. The van der Waals surface area contributed by atoms with Crippen LogP contribution in [0.5, 0.6) is 0 Å². The van der Waals surface area contributed by atoms with Crippen LogP contribution in [0, 0.1) is 5.82 Å². The van der Waals surface area contributed by atoms with E-state index in [4.69, 9.17) is 5.73 Å². The lowest BCUT2D eigenvalue weighted by molar-refractivity contribution is 0.626. The van der Waals surface area contributed by atoms with Crippen molar-refractivity contribution in [3.8, 4) is 0 Å². The Labute approximate surface area is 104 Å². The second-order valence-electron chi connectivity index (χ2n) is 3.77. The maximum atomic E-state index is 12.7. The average molecular weight is 248 g/mol. The molecule has 1 heterocycles. The molecule has 4 heteroatoms. The van der Waals surface area contributed by atoms with E-state index in [0.717, 1.165) is 15.5 Å². The summed E-state index contributed by atoms with van der Waals surface area (Å²) in [7, 11) is 0. The first-order valence-corrected chi connectivity index (χ1v) is 6.12. The van der Waals surface area contributed by atoms with Crippen molar-refractivity contribution < 1.29 is 4.39 Å². The molecule has 0 saturated carbocycles. The molecule has 2 rings (SSSR count). The van der Waals surface area contributed by atoms with Gasteiger partial charge in [-0.2, -0.15) is 0 Å². The first-order chi connectivity index (χ1) is 8.15. The zero-order chi connectivity index (χ0) is 12.3. The number of hydrogen-bond acceptors (Lipinski definition) is 3. The van der Waals surface area contributed by atoms with Crippen LogP contribution >= 0.6 is 11.8 Å². The maximum absolute atomic E-state index is 12.7. The lowest BCUT2D eigenvalue weighted by Gasteiger charge is -2.05. The maximum Gasteiger partial charge on any atom is 0.123 e. The van der Waals surface area contributed by atoms with Crippen molar-refractivity contribution in [2.24, 2.45) is 5.73 Å². The van der Waals surface area contributed by atoms with Crippen molar-refractivity contribution >= 4 is 11.8 Å². The van der Waals surface area contributed by atoms with E-state index in [0.29, 0.717) is 0 Å². The summed E-state index contributed by atoms with van der Waals surface area (Å²) in [6.07, 6.45) is 1.77. The third-order valence-corrected chi connectivity index (χ3v) is 3.28. The van der Waals surface area contributed by atoms with Crippen LogP contribution in [-0.4, -0.2) is 4.98 Å². The quantitative estimate of drug-likeness (QED) is 0.905. The van der Waals surface area contributed by atoms with Crippen LogP contribution in [-0.2, 0) is 0 Å². The Morgan fingerprint density at radius 2 is 1.88 bits per heavy atom. The highest BCUT2D eigenvalue weighted by Gasteiger charge is 2.02.